The molecule has 0 N–H and O–H groups in total. The molecule has 0 radical (unpaired) electrons. The maximum Gasteiger partial charge on any atom is 0.114 e. The van der Waals surface area contributed by atoms with E-state index in [4.69, 9.17) is 4.42 Å². The van der Waals surface area contributed by atoms with Crippen molar-refractivity contribution in [1.82, 2.24) is 0 Å². The first-order valence-electron chi connectivity index (χ1n) is 5.51. The lowest BCUT2D eigenvalue weighted by Crippen LogP contribution is -2.03. The quantitative estimate of drug-likeness (QED) is 0.686. The number of aryl methyl sites for hydroxylation is 1. The van der Waals surface area contributed by atoms with E-state index in [0.29, 0.717) is 0 Å². The van der Waals surface area contributed by atoms with E-state index < -0.39 is 0 Å². The highest BCUT2D eigenvalue weighted by Gasteiger charge is 2.06. The van der Waals surface area contributed by atoms with Crippen LogP contribution in [-0.2, 0) is 12.2 Å². The van der Waals surface area contributed by atoms with Crippen LogP contribution in [0.1, 0.15) is 31.8 Å². The van der Waals surface area contributed by atoms with Crippen molar-refractivity contribution < 1.29 is 4.42 Å². The first-order valence-corrected chi connectivity index (χ1v) is 7.79. The molecule has 0 aliphatic heterocycles. The summed E-state index contributed by atoms with van der Waals surface area (Å²) in [5.41, 5.74) is 0. The average molecular weight is 291 g/mol. The molecule has 3 heteroatoms. The molecule has 0 aromatic carbocycles. The van der Waals surface area contributed by atoms with Gasteiger partial charge in [-0.15, -0.1) is 0 Å². The zero-order chi connectivity index (χ0) is 11.1. The Balaban J connectivity index is 2.25. The van der Waals surface area contributed by atoms with Crippen LogP contribution in [0.25, 0.3) is 0 Å². The molecule has 1 unspecified atom stereocenters. The second-order valence-electron chi connectivity index (χ2n) is 3.67. The van der Waals surface area contributed by atoms with E-state index >= 15 is 0 Å². The Bertz CT molecular complexity index is 268. The Morgan fingerprint density at radius 3 is 2.60 bits per heavy atom. The van der Waals surface area contributed by atoms with Crippen molar-refractivity contribution >= 4 is 27.7 Å². The largest absolute Gasteiger partial charge is 0.465 e. The van der Waals surface area contributed by atoms with Gasteiger partial charge in [0.2, 0.25) is 0 Å². The minimum Gasteiger partial charge on any atom is -0.465 e. The summed E-state index contributed by atoms with van der Waals surface area (Å²) in [7, 11) is 0. The lowest BCUT2D eigenvalue weighted by Gasteiger charge is -2.09. The van der Waals surface area contributed by atoms with Gasteiger partial charge in [0.05, 0.1) is 5.75 Å². The zero-order valence-corrected chi connectivity index (χ0v) is 11.9. The maximum absolute atomic E-state index is 5.65. The van der Waals surface area contributed by atoms with Crippen LogP contribution in [0.2, 0.25) is 0 Å². The van der Waals surface area contributed by atoms with Crippen LogP contribution in [0.15, 0.2) is 16.5 Å². The third-order valence-corrected chi connectivity index (χ3v) is 4.57. The second-order valence-corrected chi connectivity index (χ2v) is 5.34. The molecular weight excluding hydrogens is 272 g/mol. The van der Waals surface area contributed by atoms with Gasteiger partial charge in [0.15, 0.2) is 0 Å². The van der Waals surface area contributed by atoms with Crippen LogP contribution >= 0.6 is 27.7 Å². The molecule has 86 valence electrons. The van der Waals surface area contributed by atoms with Gasteiger partial charge in [-0.1, -0.05) is 36.2 Å². The van der Waals surface area contributed by atoms with E-state index in [1.807, 2.05) is 11.8 Å². The van der Waals surface area contributed by atoms with Gasteiger partial charge >= 0.3 is 0 Å². The lowest BCUT2D eigenvalue weighted by atomic mass is 10.2. The number of hydrogen-bond donors (Lipinski definition) is 0. The zero-order valence-electron chi connectivity index (χ0n) is 9.46. The molecule has 1 heterocycles. The van der Waals surface area contributed by atoms with E-state index in [0.717, 1.165) is 34.9 Å². The minimum atomic E-state index is 0.788. The summed E-state index contributed by atoms with van der Waals surface area (Å²) in [5.74, 6) is 5.21. The number of rotatable bonds is 7. The molecule has 1 aromatic heterocycles. The molecule has 15 heavy (non-hydrogen) atoms. The maximum atomic E-state index is 5.65. The van der Waals surface area contributed by atoms with E-state index in [1.54, 1.807) is 0 Å². The molecule has 1 atom stereocenters. The van der Waals surface area contributed by atoms with Gasteiger partial charge in [0.25, 0.3) is 0 Å². The predicted molar refractivity (Wildman–Crippen MR) is 71.8 cm³/mol. The fourth-order valence-corrected chi connectivity index (χ4v) is 3.44. The molecule has 0 aliphatic carbocycles. The Morgan fingerprint density at radius 1 is 1.33 bits per heavy atom. The second kappa shape index (κ2) is 7.39. The summed E-state index contributed by atoms with van der Waals surface area (Å²) in [6.07, 6.45) is 2.24. The highest BCUT2D eigenvalue weighted by molar-refractivity contribution is 9.09. The number of furan rings is 1. The molecule has 0 saturated heterocycles. The topological polar surface area (TPSA) is 13.1 Å². The Labute approximate surface area is 105 Å². The van der Waals surface area contributed by atoms with Gasteiger partial charge < -0.3 is 4.42 Å². The SMILES string of the molecule is CCc1ccc(CSCC(CC)CBr)o1. The number of alkyl halides is 1. The Hall–Kier alpha value is 0.110. The van der Waals surface area contributed by atoms with E-state index in [-0.39, 0.29) is 0 Å². The van der Waals surface area contributed by atoms with Crippen molar-refractivity contribution in [2.24, 2.45) is 5.92 Å². The van der Waals surface area contributed by atoms with Crippen molar-refractivity contribution in [3.05, 3.63) is 23.7 Å². The monoisotopic (exact) mass is 290 g/mol. The fourth-order valence-electron chi connectivity index (χ4n) is 1.29. The number of hydrogen-bond acceptors (Lipinski definition) is 2. The van der Waals surface area contributed by atoms with Crippen molar-refractivity contribution in [3.63, 3.8) is 0 Å². The normalized spacial score (nSPS) is 13.0. The van der Waals surface area contributed by atoms with Crippen molar-refractivity contribution in [1.29, 1.82) is 0 Å². The van der Waals surface area contributed by atoms with Gasteiger partial charge in [-0.3, -0.25) is 0 Å². The lowest BCUT2D eigenvalue weighted by molar-refractivity contribution is 0.485. The molecule has 0 aliphatic rings. The third-order valence-electron chi connectivity index (χ3n) is 2.46. The van der Waals surface area contributed by atoms with Crippen molar-refractivity contribution in [3.8, 4) is 0 Å². The first kappa shape index (κ1) is 13.2. The number of halogens is 1. The Morgan fingerprint density at radius 2 is 2.07 bits per heavy atom. The van der Waals surface area contributed by atoms with Crippen LogP contribution in [0, 0.1) is 5.92 Å². The molecule has 0 fully saturated rings. The van der Waals surface area contributed by atoms with Crippen LogP contribution in [0.4, 0.5) is 0 Å². The van der Waals surface area contributed by atoms with Crippen LogP contribution in [0.5, 0.6) is 0 Å². The predicted octanol–water partition coefficient (Wildman–Crippen LogP) is 4.50. The van der Waals surface area contributed by atoms with Gasteiger partial charge in [-0.2, -0.15) is 11.8 Å². The molecule has 0 amide bonds. The summed E-state index contributed by atoms with van der Waals surface area (Å²) < 4.78 is 5.65. The molecule has 1 rings (SSSR count). The molecule has 1 nitrogen and oxygen atoms in total. The van der Waals surface area contributed by atoms with Crippen molar-refractivity contribution in [2.45, 2.75) is 32.4 Å². The summed E-state index contributed by atoms with van der Waals surface area (Å²) in [5, 5.41) is 1.11. The van der Waals surface area contributed by atoms with Crippen LogP contribution in [0.3, 0.4) is 0 Å². The smallest absolute Gasteiger partial charge is 0.114 e. The highest BCUT2D eigenvalue weighted by atomic mass is 79.9. The van der Waals surface area contributed by atoms with Gasteiger partial charge in [0, 0.05) is 11.8 Å². The fraction of sp³-hybridized carbons (Fsp3) is 0.667. The highest BCUT2D eigenvalue weighted by Crippen LogP contribution is 2.20. The van der Waals surface area contributed by atoms with Crippen molar-refractivity contribution in [2.75, 3.05) is 11.1 Å². The summed E-state index contributed by atoms with van der Waals surface area (Å²) in [6, 6.07) is 4.18. The summed E-state index contributed by atoms with van der Waals surface area (Å²) in [4.78, 5) is 0. The van der Waals surface area contributed by atoms with Gasteiger partial charge in [-0.05, 0) is 23.8 Å². The Kier molecular flexibility index (Phi) is 6.50. The van der Waals surface area contributed by atoms with Crippen LogP contribution in [-0.4, -0.2) is 11.1 Å². The standard InChI is InChI=1S/C12H19BrOS/c1-3-10(7-13)8-15-9-12-6-5-11(4-2)14-12/h5-6,10H,3-4,7-9H2,1-2H3. The van der Waals surface area contributed by atoms with Gasteiger partial charge in [-0.25, -0.2) is 0 Å². The van der Waals surface area contributed by atoms with E-state index in [1.165, 1.54) is 12.2 Å². The average Bonchev–Trinajstić information content (AvgIpc) is 2.72. The van der Waals surface area contributed by atoms with Gasteiger partial charge in [0.1, 0.15) is 11.5 Å². The third kappa shape index (κ3) is 4.64. The molecular formula is C12H19BrOS. The molecule has 0 bridgehead atoms. The van der Waals surface area contributed by atoms with E-state index in [2.05, 4.69) is 41.9 Å². The minimum absolute atomic E-state index is 0.788. The summed E-state index contributed by atoms with van der Waals surface area (Å²) in [6.45, 7) is 4.36. The molecule has 0 spiro atoms. The van der Waals surface area contributed by atoms with E-state index in [9.17, 15) is 0 Å². The summed E-state index contributed by atoms with van der Waals surface area (Å²) >= 11 is 5.50. The first-order chi connectivity index (χ1) is 7.30. The molecule has 0 saturated carbocycles. The number of thioether (sulfide) groups is 1. The van der Waals surface area contributed by atoms with Crippen LogP contribution < -0.4 is 0 Å². The molecule has 1 aromatic rings.